The maximum absolute atomic E-state index is 12.6. The molecule has 4 aliphatic carbocycles. The van der Waals surface area contributed by atoms with Crippen molar-refractivity contribution in [2.24, 2.45) is 16.7 Å². The summed E-state index contributed by atoms with van der Waals surface area (Å²) in [5.74, 6) is 1.91. The quantitative estimate of drug-likeness (QED) is 0.805. The minimum Gasteiger partial charge on any atom is -0.497 e. The van der Waals surface area contributed by atoms with Crippen LogP contribution in [0, 0.1) is 16.7 Å². The van der Waals surface area contributed by atoms with E-state index in [1.807, 2.05) is 6.08 Å². The number of hydrogen-bond donors (Lipinski definition) is 1. The van der Waals surface area contributed by atoms with Crippen molar-refractivity contribution in [3.63, 3.8) is 0 Å². The monoisotopic (exact) mass is 324 g/mol. The molecule has 2 saturated carbocycles. The zero-order chi connectivity index (χ0) is 16.7. The molecule has 4 aliphatic rings. The molecule has 5 atom stereocenters. The molecule has 0 unspecified atom stereocenters. The number of allylic oxidation sites excluding steroid dienone is 1. The Morgan fingerprint density at radius 1 is 1.25 bits per heavy atom. The van der Waals surface area contributed by atoms with Gasteiger partial charge in [0.05, 0.1) is 7.11 Å². The summed E-state index contributed by atoms with van der Waals surface area (Å²) < 4.78 is 5.39. The molecule has 2 bridgehead atoms. The summed E-state index contributed by atoms with van der Waals surface area (Å²) in [5.41, 5.74) is 1.14. The first-order valence-electron chi connectivity index (χ1n) is 9.08. The average molecular weight is 324 g/mol. The number of ketones is 1. The van der Waals surface area contributed by atoms with Crippen LogP contribution in [0.25, 0.3) is 0 Å². The Bertz CT molecular complexity index is 781. The van der Waals surface area contributed by atoms with Crippen LogP contribution in [-0.2, 0) is 11.2 Å². The van der Waals surface area contributed by atoms with Gasteiger partial charge in [0.1, 0.15) is 11.4 Å². The molecule has 3 nitrogen and oxygen atoms in total. The lowest BCUT2D eigenvalue weighted by molar-refractivity contribution is -0.138. The molecule has 5 rings (SSSR count). The highest BCUT2D eigenvalue weighted by atomic mass is 16.5. The normalized spacial score (nSPS) is 44.9. The van der Waals surface area contributed by atoms with E-state index in [2.05, 4.69) is 31.2 Å². The van der Waals surface area contributed by atoms with E-state index in [1.165, 1.54) is 11.1 Å². The third kappa shape index (κ3) is 1.39. The van der Waals surface area contributed by atoms with Crippen molar-refractivity contribution in [3.8, 4) is 5.75 Å². The van der Waals surface area contributed by atoms with Crippen molar-refractivity contribution in [2.45, 2.75) is 50.5 Å². The lowest BCUT2D eigenvalue weighted by atomic mass is 9.48. The van der Waals surface area contributed by atoms with Gasteiger partial charge in [0.25, 0.3) is 0 Å². The van der Waals surface area contributed by atoms with E-state index in [4.69, 9.17) is 4.74 Å². The zero-order valence-electron chi connectivity index (χ0n) is 14.3. The summed E-state index contributed by atoms with van der Waals surface area (Å²) in [5, 5.41) is 11.1. The summed E-state index contributed by atoms with van der Waals surface area (Å²) in [6, 6.07) is 6.47. The molecule has 126 valence electrons. The minimum atomic E-state index is -1.22. The van der Waals surface area contributed by atoms with Gasteiger partial charge in [-0.15, -0.1) is 0 Å². The second-order valence-corrected chi connectivity index (χ2v) is 8.43. The van der Waals surface area contributed by atoms with Gasteiger partial charge in [0, 0.05) is 17.3 Å². The highest BCUT2D eigenvalue weighted by Crippen LogP contribution is 2.73. The molecule has 3 heteroatoms. The smallest absolute Gasteiger partial charge is 0.169 e. The van der Waals surface area contributed by atoms with Gasteiger partial charge in [-0.1, -0.05) is 19.1 Å². The number of ether oxygens (including phenoxy) is 1. The second kappa shape index (κ2) is 4.32. The van der Waals surface area contributed by atoms with E-state index in [9.17, 15) is 9.90 Å². The fourth-order valence-corrected chi connectivity index (χ4v) is 6.57. The van der Waals surface area contributed by atoms with Crippen LogP contribution in [0.2, 0.25) is 0 Å². The van der Waals surface area contributed by atoms with Gasteiger partial charge in [-0.2, -0.15) is 0 Å². The molecule has 2 fully saturated rings. The van der Waals surface area contributed by atoms with Crippen LogP contribution in [0.3, 0.4) is 0 Å². The highest BCUT2D eigenvalue weighted by molar-refractivity contribution is 5.96. The van der Waals surface area contributed by atoms with E-state index in [1.54, 1.807) is 7.11 Å². The number of aryl methyl sites for hydroxylation is 1. The molecule has 0 aliphatic heterocycles. The third-order valence-corrected chi connectivity index (χ3v) is 7.95. The molecule has 0 radical (unpaired) electrons. The maximum atomic E-state index is 12.6. The number of Topliss-reactive ketones (excluding diaryl/α,β-unsaturated/α-hetero) is 1. The Morgan fingerprint density at radius 2 is 2.08 bits per heavy atom. The fraction of sp³-hybridized carbons (Fsp3) is 0.571. The summed E-state index contributed by atoms with van der Waals surface area (Å²) >= 11 is 0. The Balaban J connectivity index is 1.62. The molecule has 0 spiro atoms. The molecule has 24 heavy (non-hydrogen) atoms. The third-order valence-electron chi connectivity index (χ3n) is 7.95. The number of hydrogen-bond acceptors (Lipinski definition) is 3. The number of methoxy groups -OCH3 is 1. The zero-order valence-corrected chi connectivity index (χ0v) is 14.3. The van der Waals surface area contributed by atoms with Crippen molar-refractivity contribution < 1.29 is 14.6 Å². The molecule has 1 aromatic rings. The van der Waals surface area contributed by atoms with E-state index in [0.717, 1.165) is 31.4 Å². The number of fused-ring (bicyclic) bond motifs is 3. The first-order valence-corrected chi connectivity index (χ1v) is 9.08. The number of carbonyl (C=O) groups excluding carboxylic acids is 1. The lowest BCUT2D eigenvalue weighted by Crippen LogP contribution is -2.53. The maximum Gasteiger partial charge on any atom is 0.169 e. The Kier molecular flexibility index (Phi) is 2.65. The van der Waals surface area contributed by atoms with Crippen LogP contribution in [0.1, 0.15) is 49.7 Å². The van der Waals surface area contributed by atoms with Crippen molar-refractivity contribution in [1.29, 1.82) is 0 Å². The van der Waals surface area contributed by atoms with Crippen LogP contribution < -0.4 is 4.74 Å². The average Bonchev–Trinajstić information content (AvgIpc) is 2.93. The van der Waals surface area contributed by atoms with E-state index in [-0.39, 0.29) is 16.6 Å². The van der Waals surface area contributed by atoms with Gasteiger partial charge in [-0.05, 0) is 66.9 Å². The highest BCUT2D eigenvalue weighted by Gasteiger charge is 2.74. The largest absolute Gasteiger partial charge is 0.497 e. The molecular weight excluding hydrogens is 300 g/mol. The van der Waals surface area contributed by atoms with Crippen LogP contribution >= 0.6 is 0 Å². The summed E-state index contributed by atoms with van der Waals surface area (Å²) in [7, 11) is 1.71. The number of carbonyl (C=O) groups is 1. The summed E-state index contributed by atoms with van der Waals surface area (Å²) in [6.45, 7) is 2.15. The molecule has 0 amide bonds. The Morgan fingerprint density at radius 3 is 2.83 bits per heavy atom. The fourth-order valence-electron chi connectivity index (χ4n) is 6.57. The first kappa shape index (κ1) is 14.7. The predicted molar refractivity (Wildman–Crippen MR) is 91.0 cm³/mol. The number of benzene rings is 1. The summed E-state index contributed by atoms with van der Waals surface area (Å²) in [6.07, 6.45) is 8.64. The lowest BCUT2D eigenvalue weighted by Gasteiger charge is -2.55. The van der Waals surface area contributed by atoms with Crippen LogP contribution in [0.5, 0.6) is 5.75 Å². The van der Waals surface area contributed by atoms with E-state index >= 15 is 0 Å². The molecule has 0 aromatic heterocycles. The minimum absolute atomic E-state index is 0.0358. The molecule has 1 aromatic carbocycles. The van der Waals surface area contributed by atoms with Crippen LogP contribution in [0.4, 0.5) is 0 Å². The van der Waals surface area contributed by atoms with E-state index in [0.29, 0.717) is 18.3 Å². The van der Waals surface area contributed by atoms with Crippen LogP contribution in [0.15, 0.2) is 30.4 Å². The van der Waals surface area contributed by atoms with Gasteiger partial charge < -0.3 is 9.84 Å². The van der Waals surface area contributed by atoms with Gasteiger partial charge in [-0.25, -0.2) is 0 Å². The Hall–Kier alpha value is -1.61. The molecule has 0 heterocycles. The number of rotatable bonds is 1. The number of aliphatic hydroxyl groups is 1. The van der Waals surface area contributed by atoms with Gasteiger partial charge in [0.2, 0.25) is 0 Å². The van der Waals surface area contributed by atoms with E-state index < -0.39 is 5.60 Å². The van der Waals surface area contributed by atoms with Crippen molar-refractivity contribution >= 4 is 5.78 Å². The molecule has 0 saturated heterocycles. The van der Waals surface area contributed by atoms with Crippen molar-refractivity contribution in [2.75, 3.05) is 7.11 Å². The van der Waals surface area contributed by atoms with Crippen molar-refractivity contribution in [1.82, 2.24) is 0 Å². The first-order chi connectivity index (χ1) is 11.5. The summed E-state index contributed by atoms with van der Waals surface area (Å²) in [4.78, 5) is 12.6. The van der Waals surface area contributed by atoms with Gasteiger partial charge in [-0.3, -0.25) is 4.79 Å². The second-order valence-electron chi connectivity index (χ2n) is 8.43. The van der Waals surface area contributed by atoms with Crippen molar-refractivity contribution in [3.05, 3.63) is 41.5 Å². The standard InChI is InChI=1S/C21H24O3/c1-19-8-7-16-15-5-4-14(24-2)11-13(15)3-6-17(16)20(19)9-10-21(19,23)18(22)12-20/h4-5,9-11,16-17,23H,3,6-8,12H2,1-2H3/t16-,17-,19+,20+,21-/m1/s1. The topological polar surface area (TPSA) is 46.5 Å². The molecule has 1 N–H and O–H groups in total. The van der Waals surface area contributed by atoms with Gasteiger partial charge in [0.15, 0.2) is 5.78 Å². The molecular formula is C21H24O3. The van der Waals surface area contributed by atoms with Gasteiger partial charge >= 0.3 is 0 Å². The Labute approximate surface area is 142 Å². The SMILES string of the molecule is COc1ccc2c(c1)CC[C@@H]1[C@@H]2CC[C@]2(C)[C@@]3(O)C=C[C@]12CC3=O. The van der Waals surface area contributed by atoms with Crippen LogP contribution in [-0.4, -0.2) is 23.6 Å². The predicted octanol–water partition coefficient (Wildman–Crippen LogP) is 3.40.